The maximum atomic E-state index is 13.3. The molecule has 1 aromatic carbocycles. The van der Waals surface area contributed by atoms with Gasteiger partial charge in [-0.05, 0) is 30.7 Å². The first-order valence-corrected chi connectivity index (χ1v) is 6.04. The molecule has 0 radical (unpaired) electrons. The second-order valence-corrected chi connectivity index (χ2v) is 4.54. The van der Waals surface area contributed by atoms with Crippen molar-refractivity contribution in [3.8, 4) is 0 Å². The zero-order chi connectivity index (χ0) is 13.4. The lowest BCUT2D eigenvalue weighted by molar-refractivity contribution is 0.543. The molecule has 0 spiro atoms. The third-order valence-corrected chi connectivity index (χ3v) is 3.05. The van der Waals surface area contributed by atoms with E-state index in [4.69, 9.17) is 5.73 Å². The Morgan fingerprint density at radius 2 is 2.16 bits per heavy atom. The minimum Gasteiger partial charge on any atom is -0.369 e. The predicted molar refractivity (Wildman–Crippen MR) is 71.1 cm³/mol. The molecule has 0 saturated carbocycles. The second kappa shape index (κ2) is 4.38. The average Bonchev–Trinajstić information content (AvgIpc) is 2.90. The normalized spacial score (nSPS) is 11.3. The molecule has 0 aliphatic carbocycles. The summed E-state index contributed by atoms with van der Waals surface area (Å²) in [5.41, 5.74) is 8.39. The fourth-order valence-electron chi connectivity index (χ4n) is 2.14. The van der Waals surface area contributed by atoms with Crippen LogP contribution in [0.4, 0.5) is 10.3 Å². The molecule has 19 heavy (non-hydrogen) atoms. The summed E-state index contributed by atoms with van der Waals surface area (Å²) in [7, 11) is 0. The van der Waals surface area contributed by atoms with E-state index >= 15 is 0 Å². The maximum Gasteiger partial charge on any atom is 0.201 e. The number of fused-ring (bicyclic) bond motifs is 1. The molecule has 3 rings (SSSR count). The van der Waals surface area contributed by atoms with Crippen molar-refractivity contribution in [1.29, 1.82) is 0 Å². The van der Waals surface area contributed by atoms with Gasteiger partial charge in [-0.1, -0.05) is 0 Å². The van der Waals surface area contributed by atoms with Crippen LogP contribution in [0.1, 0.15) is 5.56 Å². The van der Waals surface area contributed by atoms with Gasteiger partial charge >= 0.3 is 0 Å². The fraction of sp³-hybridized carbons (Fsp3) is 0.231. The molecule has 0 unspecified atom stereocenters. The number of aryl methyl sites for hydroxylation is 3. The Hall–Kier alpha value is -2.37. The van der Waals surface area contributed by atoms with Crippen LogP contribution in [0.3, 0.4) is 0 Å². The Morgan fingerprint density at radius 3 is 2.89 bits per heavy atom. The first-order valence-electron chi connectivity index (χ1n) is 6.04. The summed E-state index contributed by atoms with van der Waals surface area (Å²) < 4.78 is 16.9. The summed E-state index contributed by atoms with van der Waals surface area (Å²) in [5, 5.41) is 4.21. The van der Waals surface area contributed by atoms with E-state index in [-0.39, 0.29) is 5.82 Å². The van der Waals surface area contributed by atoms with Crippen molar-refractivity contribution in [2.24, 2.45) is 0 Å². The Balaban J connectivity index is 1.91. The smallest absolute Gasteiger partial charge is 0.201 e. The first-order chi connectivity index (χ1) is 9.13. The average molecular weight is 259 g/mol. The highest BCUT2D eigenvalue weighted by Crippen LogP contribution is 2.19. The molecule has 0 aliphatic heterocycles. The third kappa shape index (κ3) is 2.16. The molecule has 0 saturated heterocycles. The molecule has 2 heterocycles. The van der Waals surface area contributed by atoms with Crippen LogP contribution in [-0.4, -0.2) is 19.3 Å². The molecule has 5 nitrogen and oxygen atoms in total. The lowest BCUT2D eigenvalue weighted by Gasteiger charge is -2.06. The van der Waals surface area contributed by atoms with Crippen molar-refractivity contribution >= 4 is 17.0 Å². The van der Waals surface area contributed by atoms with Gasteiger partial charge in [0.15, 0.2) is 0 Å². The number of anilines is 1. The van der Waals surface area contributed by atoms with E-state index in [2.05, 4.69) is 10.1 Å². The number of nitrogens with two attached hydrogens (primary N) is 1. The van der Waals surface area contributed by atoms with Crippen molar-refractivity contribution < 1.29 is 4.39 Å². The lowest BCUT2D eigenvalue weighted by atomic mass is 10.3. The van der Waals surface area contributed by atoms with E-state index < -0.39 is 0 Å². The van der Waals surface area contributed by atoms with Crippen molar-refractivity contribution in [2.75, 3.05) is 5.73 Å². The highest BCUT2D eigenvalue weighted by atomic mass is 19.1. The third-order valence-electron chi connectivity index (χ3n) is 3.05. The molecule has 0 fully saturated rings. The summed E-state index contributed by atoms with van der Waals surface area (Å²) in [4.78, 5) is 4.22. The van der Waals surface area contributed by atoms with Gasteiger partial charge in [0, 0.05) is 12.7 Å². The van der Waals surface area contributed by atoms with Crippen LogP contribution in [0, 0.1) is 12.7 Å². The summed E-state index contributed by atoms with van der Waals surface area (Å²) in [6, 6.07) is 4.47. The summed E-state index contributed by atoms with van der Waals surface area (Å²) >= 11 is 0. The largest absolute Gasteiger partial charge is 0.369 e. The lowest BCUT2D eigenvalue weighted by Crippen LogP contribution is -2.10. The van der Waals surface area contributed by atoms with Gasteiger partial charge in [0.2, 0.25) is 5.95 Å². The van der Waals surface area contributed by atoms with Crippen LogP contribution >= 0.6 is 0 Å². The fourth-order valence-corrected chi connectivity index (χ4v) is 2.14. The molecule has 0 atom stereocenters. The highest BCUT2D eigenvalue weighted by molar-refractivity contribution is 5.78. The molecule has 2 N–H and O–H groups in total. The van der Waals surface area contributed by atoms with Crippen LogP contribution in [0.25, 0.3) is 11.0 Å². The quantitative estimate of drug-likeness (QED) is 0.782. The number of halogens is 1. The SMILES string of the molecule is Cc1cnn(CCn2c(N)nc3ccc(F)cc32)c1. The maximum absolute atomic E-state index is 13.3. The van der Waals surface area contributed by atoms with Crippen molar-refractivity contribution in [3.05, 3.63) is 42.0 Å². The predicted octanol–water partition coefficient (Wildman–Crippen LogP) is 1.96. The molecule has 0 amide bonds. The van der Waals surface area contributed by atoms with Gasteiger partial charge in [-0.2, -0.15) is 5.10 Å². The van der Waals surface area contributed by atoms with Gasteiger partial charge in [-0.15, -0.1) is 0 Å². The Labute approximate surface area is 109 Å². The summed E-state index contributed by atoms with van der Waals surface area (Å²) in [6.07, 6.45) is 3.75. The Bertz CT molecular complexity index is 728. The monoisotopic (exact) mass is 259 g/mol. The van der Waals surface area contributed by atoms with Gasteiger partial charge in [-0.25, -0.2) is 9.37 Å². The zero-order valence-electron chi connectivity index (χ0n) is 10.5. The van der Waals surface area contributed by atoms with Gasteiger partial charge in [0.05, 0.1) is 23.8 Å². The van der Waals surface area contributed by atoms with Crippen molar-refractivity contribution in [3.63, 3.8) is 0 Å². The number of nitrogen functional groups attached to an aromatic ring is 1. The van der Waals surface area contributed by atoms with Crippen LogP contribution in [0.2, 0.25) is 0 Å². The number of nitrogens with zero attached hydrogens (tertiary/aromatic N) is 4. The zero-order valence-corrected chi connectivity index (χ0v) is 10.5. The number of aromatic nitrogens is 4. The summed E-state index contributed by atoms with van der Waals surface area (Å²) in [5.74, 6) is 0.105. The van der Waals surface area contributed by atoms with E-state index in [1.165, 1.54) is 12.1 Å². The van der Waals surface area contributed by atoms with E-state index in [1.54, 1.807) is 16.8 Å². The van der Waals surface area contributed by atoms with Gasteiger partial charge in [0.25, 0.3) is 0 Å². The first kappa shape index (κ1) is 11.7. The molecular formula is C13H14FN5. The number of rotatable bonds is 3. The van der Waals surface area contributed by atoms with Crippen LogP contribution in [-0.2, 0) is 13.1 Å². The second-order valence-electron chi connectivity index (χ2n) is 4.54. The molecule has 0 aliphatic rings. The van der Waals surface area contributed by atoms with Crippen LogP contribution in [0.5, 0.6) is 0 Å². The van der Waals surface area contributed by atoms with E-state index in [0.29, 0.717) is 30.1 Å². The molecule has 2 aromatic heterocycles. The number of benzene rings is 1. The van der Waals surface area contributed by atoms with Gasteiger partial charge in [0.1, 0.15) is 5.82 Å². The van der Waals surface area contributed by atoms with Crippen molar-refractivity contribution in [2.45, 2.75) is 20.0 Å². The number of hydrogen-bond donors (Lipinski definition) is 1. The number of hydrogen-bond acceptors (Lipinski definition) is 3. The van der Waals surface area contributed by atoms with Gasteiger partial charge in [-0.3, -0.25) is 4.68 Å². The minimum absolute atomic E-state index is 0.288. The molecular weight excluding hydrogens is 245 g/mol. The molecule has 3 aromatic rings. The van der Waals surface area contributed by atoms with E-state index in [1.807, 2.05) is 17.8 Å². The van der Waals surface area contributed by atoms with Crippen LogP contribution < -0.4 is 5.73 Å². The number of imidazole rings is 1. The molecule has 6 heteroatoms. The standard InChI is InChI=1S/C13H14FN5/c1-9-7-16-18(8-9)4-5-19-12-6-10(14)2-3-11(12)17-13(19)15/h2-3,6-8H,4-5H2,1H3,(H2,15,17). The molecule has 98 valence electrons. The minimum atomic E-state index is -0.288. The van der Waals surface area contributed by atoms with Crippen molar-refractivity contribution in [1.82, 2.24) is 19.3 Å². The highest BCUT2D eigenvalue weighted by Gasteiger charge is 2.09. The molecule has 0 bridgehead atoms. The van der Waals surface area contributed by atoms with Gasteiger partial charge < -0.3 is 10.3 Å². The van der Waals surface area contributed by atoms with E-state index in [9.17, 15) is 4.39 Å². The Morgan fingerprint density at radius 1 is 1.32 bits per heavy atom. The Kier molecular flexibility index (Phi) is 2.70. The van der Waals surface area contributed by atoms with E-state index in [0.717, 1.165) is 5.56 Å². The topological polar surface area (TPSA) is 61.7 Å². The van der Waals surface area contributed by atoms with Crippen LogP contribution in [0.15, 0.2) is 30.6 Å². The summed E-state index contributed by atoms with van der Waals surface area (Å²) in [6.45, 7) is 3.26.